The van der Waals surface area contributed by atoms with Gasteiger partial charge in [-0.25, -0.2) is 8.78 Å². The molecule has 3 atom stereocenters. The molecular formula is C27H42ClF2Si. The lowest BCUT2D eigenvalue weighted by atomic mass is 9.76. The third-order valence-corrected chi connectivity index (χ3v) is 11.2. The fraction of sp³-hybridized carbons (Fsp3) is 0.778. The maximum atomic E-state index is 14.2. The molecule has 0 bridgehead atoms. The Morgan fingerprint density at radius 3 is 2.42 bits per heavy atom. The predicted octanol–water partition coefficient (Wildman–Crippen LogP) is 9.96. The van der Waals surface area contributed by atoms with E-state index in [9.17, 15) is 8.78 Å². The van der Waals surface area contributed by atoms with E-state index in [-0.39, 0.29) is 14.4 Å². The summed E-state index contributed by atoms with van der Waals surface area (Å²) < 4.78 is 27.4. The van der Waals surface area contributed by atoms with Crippen LogP contribution in [-0.2, 0) is 0 Å². The van der Waals surface area contributed by atoms with Crippen molar-refractivity contribution in [3.05, 3.63) is 35.1 Å². The van der Waals surface area contributed by atoms with Gasteiger partial charge in [-0.3, -0.25) is 0 Å². The van der Waals surface area contributed by atoms with Crippen LogP contribution in [0.25, 0.3) is 0 Å². The Morgan fingerprint density at radius 1 is 1.00 bits per heavy atom. The van der Waals surface area contributed by atoms with Crippen LogP contribution in [-0.4, -0.2) is 8.80 Å². The zero-order valence-electron chi connectivity index (χ0n) is 19.5. The van der Waals surface area contributed by atoms with E-state index in [4.69, 9.17) is 11.6 Å². The molecule has 0 aromatic heterocycles. The van der Waals surface area contributed by atoms with E-state index >= 15 is 0 Å². The molecule has 1 aromatic carbocycles. The Morgan fingerprint density at radius 2 is 1.74 bits per heavy atom. The molecule has 175 valence electrons. The summed E-state index contributed by atoms with van der Waals surface area (Å²) in [6.07, 6.45) is 17.6. The van der Waals surface area contributed by atoms with Gasteiger partial charge in [-0.1, -0.05) is 119 Å². The molecule has 1 saturated carbocycles. The second-order valence-electron chi connectivity index (χ2n) is 10.2. The summed E-state index contributed by atoms with van der Waals surface area (Å²) >= 11 is 5.42. The second-order valence-corrected chi connectivity index (χ2v) is 13.6. The van der Waals surface area contributed by atoms with Gasteiger partial charge in [0, 0.05) is 14.4 Å². The first kappa shape index (κ1) is 25.2. The van der Waals surface area contributed by atoms with Gasteiger partial charge in [-0.15, -0.1) is 0 Å². The molecule has 3 unspecified atom stereocenters. The van der Waals surface area contributed by atoms with Gasteiger partial charge < -0.3 is 0 Å². The molecule has 1 radical (unpaired) electrons. The van der Waals surface area contributed by atoms with Crippen molar-refractivity contribution < 1.29 is 8.78 Å². The number of unbranched alkanes of at least 4 members (excludes halogenated alkanes) is 3. The van der Waals surface area contributed by atoms with Crippen molar-refractivity contribution in [1.82, 2.24) is 0 Å². The Bertz CT molecular complexity index is 642. The first-order chi connectivity index (χ1) is 15.1. The molecule has 1 aliphatic heterocycles. The van der Waals surface area contributed by atoms with Crippen molar-refractivity contribution in [3.63, 3.8) is 0 Å². The first-order valence-electron chi connectivity index (χ1n) is 13.0. The quantitative estimate of drug-likeness (QED) is 0.172. The van der Waals surface area contributed by atoms with E-state index in [0.717, 1.165) is 30.2 Å². The summed E-state index contributed by atoms with van der Waals surface area (Å²) in [6, 6.07) is 9.67. The van der Waals surface area contributed by atoms with Gasteiger partial charge in [0.15, 0.2) is 0 Å². The van der Waals surface area contributed by atoms with Crippen LogP contribution in [0.1, 0.15) is 113 Å². The highest BCUT2D eigenvalue weighted by Crippen LogP contribution is 2.40. The minimum Gasteiger partial charge on any atom is -0.225 e. The SMILES string of the molecule is CCCCC[Si]1CCC(CCCCC2CCCC(c3ccc(C(F)Cl)c(F)c3)C2)CC1. The number of benzene rings is 1. The Balaban J connectivity index is 1.33. The summed E-state index contributed by atoms with van der Waals surface area (Å²) in [4.78, 5) is 0. The summed E-state index contributed by atoms with van der Waals surface area (Å²) in [5, 5.41) is 0. The van der Waals surface area contributed by atoms with Crippen LogP contribution in [0.4, 0.5) is 8.78 Å². The van der Waals surface area contributed by atoms with Gasteiger partial charge in [-0.05, 0) is 42.2 Å². The average molecular weight is 468 g/mol. The van der Waals surface area contributed by atoms with E-state index in [1.807, 2.05) is 6.07 Å². The monoisotopic (exact) mass is 467 g/mol. The lowest BCUT2D eigenvalue weighted by molar-refractivity contribution is 0.293. The van der Waals surface area contributed by atoms with Crippen molar-refractivity contribution in [2.45, 2.75) is 120 Å². The van der Waals surface area contributed by atoms with Gasteiger partial charge in [0.05, 0.1) is 0 Å². The number of hydrogen-bond acceptors (Lipinski definition) is 0. The maximum Gasteiger partial charge on any atom is 0.201 e. The van der Waals surface area contributed by atoms with E-state index in [2.05, 4.69) is 6.92 Å². The van der Waals surface area contributed by atoms with Crippen LogP contribution in [0.15, 0.2) is 18.2 Å². The molecule has 4 heteroatoms. The molecule has 0 N–H and O–H groups in total. The second kappa shape index (κ2) is 13.3. The zero-order valence-corrected chi connectivity index (χ0v) is 21.2. The normalized spacial score (nSPS) is 24.4. The minimum absolute atomic E-state index is 0.00273. The largest absolute Gasteiger partial charge is 0.225 e. The van der Waals surface area contributed by atoms with Crippen LogP contribution in [0.3, 0.4) is 0 Å². The van der Waals surface area contributed by atoms with E-state index in [1.165, 1.54) is 82.8 Å². The van der Waals surface area contributed by atoms with Crippen LogP contribution in [0.5, 0.6) is 0 Å². The van der Waals surface area contributed by atoms with E-state index < -0.39 is 11.4 Å². The number of rotatable bonds is 11. The zero-order chi connectivity index (χ0) is 22.1. The predicted molar refractivity (Wildman–Crippen MR) is 132 cm³/mol. The van der Waals surface area contributed by atoms with Crippen molar-refractivity contribution in [3.8, 4) is 0 Å². The molecule has 2 aliphatic rings. The van der Waals surface area contributed by atoms with E-state index in [0.29, 0.717) is 5.92 Å². The lowest BCUT2D eigenvalue weighted by Gasteiger charge is -2.30. The summed E-state index contributed by atoms with van der Waals surface area (Å²) in [5.74, 6) is 1.69. The Kier molecular flexibility index (Phi) is 10.8. The highest BCUT2D eigenvalue weighted by atomic mass is 35.5. The number of halogens is 3. The number of hydrogen-bond donors (Lipinski definition) is 0. The molecular weight excluding hydrogens is 426 g/mol. The molecule has 1 aliphatic carbocycles. The smallest absolute Gasteiger partial charge is 0.201 e. The Labute approximate surface area is 196 Å². The topological polar surface area (TPSA) is 0 Å². The van der Waals surface area contributed by atoms with Crippen LogP contribution in [0.2, 0.25) is 18.1 Å². The van der Waals surface area contributed by atoms with Crippen LogP contribution in [0, 0.1) is 17.7 Å². The standard InChI is InChI=1S/C27H42ClF2Si/c1-2-3-6-16-31-17-14-21(15-18-31)8-4-5-9-22-10-7-11-23(19-22)24-12-13-25(27(28)30)26(29)20-24/h12-13,20-23,27H,2-11,14-19H2,1H3. The van der Waals surface area contributed by atoms with Crippen molar-refractivity contribution in [2.24, 2.45) is 11.8 Å². The molecule has 0 spiro atoms. The molecule has 3 rings (SSSR count). The average Bonchev–Trinajstić information content (AvgIpc) is 2.78. The third-order valence-electron chi connectivity index (χ3n) is 7.93. The molecule has 0 nitrogen and oxygen atoms in total. The molecule has 31 heavy (non-hydrogen) atoms. The first-order valence-corrected chi connectivity index (χ1v) is 15.5. The van der Waals surface area contributed by atoms with Gasteiger partial charge in [-0.2, -0.15) is 0 Å². The molecule has 1 aromatic rings. The maximum absolute atomic E-state index is 14.2. The van der Waals surface area contributed by atoms with Crippen molar-refractivity contribution in [2.75, 3.05) is 0 Å². The van der Waals surface area contributed by atoms with Gasteiger partial charge in [0.25, 0.3) is 0 Å². The summed E-state index contributed by atoms with van der Waals surface area (Å²) in [5.41, 5.74) is -0.761. The van der Waals surface area contributed by atoms with Crippen LogP contribution >= 0.6 is 11.6 Å². The fourth-order valence-electron chi connectivity index (χ4n) is 5.95. The molecule has 1 heterocycles. The highest BCUT2D eigenvalue weighted by molar-refractivity contribution is 6.58. The molecule has 1 saturated heterocycles. The summed E-state index contributed by atoms with van der Waals surface area (Å²) in [6.45, 7) is 2.31. The van der Waals surface area contributed by atoms with Gasteiger partial charge >= 0.3 is 0 Å². The van der Waals surface area contributed by atoms with Crippen molar-refractivity contribution in [1.29, 1.82) is 0 Å². The summed E-state index contributed by atoms with van der Waals surface area (Å²) in [7, 11) is 0.00273. The molecule has 0 amide bonds. The van der Waals surface area contributed by atoms with E-state index in [1.54, 1.807) is 18.1 Å². The highest BCUT2D eigenvalue weighted by Gasteiger charge is 2.25. The Hall–Kier alpha value is -0.413. The fourth-order valence-corrected chi connectivity index (χ4v) is 9.26. The third kappa shape index (κ3) is 8.14. The lowest BCUT2D eigenvalue weighted by Crippen LogP contribution is -2.21. The molecule has 2 fully saturated rings. The number of alkyl halides is 2. The van der Waals surface area contributed by atoms with Crippen LogP contribution < -0.4 is 0 Å². The van der Waals surface area contributed by atoms with Crippen molar-refractivity contribution >= 4 is 20.4 Å². The van der Waals surface area contributed by atoms with Gasteiger partial charge in [0.1, 0.15) is 5.82 Å². The minimum atomic E-state index is -1.76. The van der Waals surface area contributed by atoms with Gasteiger partial charge in [0.2, 0.25) is 5.63 Å².